The molecule has 0 aromatic rings. The first-order valence-corrected chi connectivity index (χ1v) is 4.43. The minimum absolute atomic E-state index is 0.133. The molecule has 1 aliphatic heterocycles. The maximum absolute atomic E-state index is 9.27. The molecule has 3 atom stereocenters. The van der Waals surface area contributed by atoms with Gasteiger partial charge in [0.1, 0.15) is 0 Å². The van der Waals surface area contributed by atoms with Crippen molar-refractivity contribution < 1.29 is 9.84 Å². The Morgan fingerprint density at radius 3 is 2.58 bits per heavy atom. The summed E-state index contributed by atoms with van der Waals surface area (Å²) in [5, 5.41) is 9.27. The Balaban J connectivity index is 2.78. The molecule has 1 heterocycles. The topological polar surface area (TPSA) is 55.5 Å². The summed E-state index contributed by atoms with van der Waals surface area (Å²) >= 11 is 0. The predicted octanol–water partition coefficient (Wildman–Crippen LogP) is 0.511. The molecule has 12 heavy (non-hydrogen) atoms. The van der Waals surface area contributed by atoms with Crippen LogP contribution in [-0.2, 0) is 4.74 Å². The Bertz CT molecular complexity index is 170. The van der Waals surface area contributed by atoms with Gasteiger partial charge in [0.05, 0.1) is 19.3 Å². The molecule has 0 saturated carbocycles. The standard InChI is InChI=1S/C9H19NO2/c1-7-4-8(2,5-11)9(3,10)6-12-7/h7,11H,4-6,10H2,1-3H3/t7-,8-,9-/m0/s1. The van der Waals surface area contributed by atoms with Gasteiger partial charge in [0.15, 0.2) is 0 Å². The average Bonchev–Trinajstić information content (AvgIpc) is 1.98. The minimum atomic E-state index is -0.408. The van der Waals surface area contributed by atoms with Crippen LogP contribution in [0.3, 0.4) is 0 Å². The summed E-state index contributed by atoms with van der Waals surface area (Å²) in [6.45, 7) is 6.64. The molecule has 1 rings (SSSR count). The zero-order valence-corrected chi connectivity index (χ0v) is 8.13. The number of hydrogen-bond acceptors (Lipinski definition) is 3. The molecule has 3 heteroatoms. The van der Waals surface area contributed by atoms with E-state index < -0.39 is 5.54 Å². The molecule has 0 unspecified atom stereocenters. The van der Waals surface area contributed by atoms with Crippen molar-refractivity contribution >= 4 is 0 Å². The first kappa shape index (κ1) is 9.96. The fraction of sp³-hybridized carbons (Fsp3) is 1.00. The van der Waals surface area contributed by atoms with Gasteiger partial charge in [-0.15, -0.1) is 0 Å². The van der Waals surface area contributed by atoms with Gasteiger partial charge in [0.2, 0.25) is 0 Å². The largest absolute Gasteiger partial charge is 0.396 e. The number of aliphatic hydroxyl groups is 1. The van der Waals surface area contributed by atoms with Crippen LogP contribution >= 0.6 is 0 Å². The molecule has 0 aromatic carbocycles. The summed E-state index contributed by atoms with van der Waals surface area (Å²) < 4.78 is 5.45. The van der Waals surface area contributed by atoms with E-state index in [4.69, 9.17) is 10.5 Å². The van der Waals surface area contributed by atoms with E-state index in [2.05, 4.69) is 0 Å². The average molecular weight is 173 g/mol. The highest BCUT2D eigenvalue weighted by Crippen LogP contribution is 2.38. The molecule has 0 bridgehead atoms. The Morgan fingerprint density at radius 1 is 1.58 bits per heavy atom. The van der Waals surface area contributed by atoms with Crippen molar-refractivity contribution in [1.29, 1.82) is 0 Å². The van der Waals surface area contributed by atoms with Crippen LogP contribution in [0.1, 0.15) is 27.2 Å². The summed E-state index contributed by atoms with van der Waals surface area (Å²) in [4.78, 5) is 0. The SMILES string of the molecule is C[C@H]1C[C@@](C)(CO)[C@@](C)(N)CO1. The lowest BCUT2D eigenvalue weighted by Gasteiger charge is -2.48. The van der Waals surface area contributed by atoms with Gasteiger partial charge in [0.25, 0.3) is 0 Å². The van der Waals surface area contributed by atoms with Gasteiger partial charge < -0.3 is 15.6 Å². The number of nitrogens with two attached hydrogens (primary N) is 1. The van der Waals surface area contributed by atoms with Crippen LogP contribution in [0.15, 0.2) is 0 Å². The Hall–Kier alpha value is -0.120. The summed E-state index contributed by atoms with van der Waals surface area (Å²) in [7, 11) is 0. The zero-order chi connectivity index (χ0) is 9.41. The first-order chi connectivity index (χ1) is 5.41. The number of ether oxygens (including phenoxy) is 1. The van der Waals surface area contributed by atoms with Crippen LogP contribution < -0.4 is 5.73 Å². The molecular weight excluding hydrogens is 154 g/mol. The molecule has 3 N–H and O–H groups in total. The molecule has 1 saturated heterocycles. The van der Waals surface area contributed by atoms with Gasteiger partial charge in [-0.2, -0.15) is 0 Å². The lowest BCUT2D eigenvalue weighted by atomic mass is 9.68. The monoisotopic (exact) mass is 173 g/mol. The van der Waals surface area contributed by atoms with E-state index in [-0.39, 0.29) is 18.1 Å². The Labute approximate surface area is 73.9 Å². The van der Waals surface area contributed by atoms with E-state index >= 15 is 0 Å². The zero-order valence-electron chi connectivity index (χ0n) is 8.13. The summed E-state index contributed by atoms with van der Waals surface area (Å²) in [5.41, 5.74) is 5.43. The van der Waals surface area contributed by atoms with Crippen LogP contribution in [0.2, 0.25) is 0 Å². The van der Waals surface area contributed by atoms with E-state index in [1.165, 1.54) is 0 Å². The van der Waals surface area contributed by atoms with Crippen molar-refractivity contribution in [2.75, 3.05) is 13.2 Å². The highest BCUT2D eigenvalue weighted by molar-refractivity contribution is 5.00. The van der Waals surface area contributed by atoms with E-state index in [9.17, 15) is 5.11 Å². The fourth-order valence-electron chi connectivity index (χ4n) is 1.66. The van der Waals surface area contributed by atoms with Crippen molar-refractivity contribution in [2.24, 2.45) is 11.1 Å². The van der Waals surface area contributed by atoms with Gasteiger partial charge in [0, 0.05) is 11.0 Å². The second kappa shape index (κ2) is 2.98. The Kier molecular flexibility index (Phi) is 2.47. The highest BCUT2D eigenvalue weighted by atomic mass is 16.5. The van der Waals surface area contributed by atoms with Crippen molar-refractivity contribution in [1.82, 2.24) is 0 Å². The molecule has 0 aliphatic carbocycles. The van der Waals surface area contributed by atoms with E-state index in [1.807, 2.05) is 20.8 Å². The van der Waals surface area contributed by atoms with E-state index in [0.717, 1.165) is 6.42 Å². The van der Waals surface area contributed by atoms with E-state index in [1.54, 1.807) is 0 Å². The molecular formula is C9H19NO2. The van der Waals surface area contributed by atoms with Crippen LogP contribution in [0, 0.1) is 5.41 Å². The van der Waals surface area contributed by atoms with Crippen molar-refractivity contribution in [3.05, 3.63) is 0 Å². The van der Waals surface area contributed by atoms with Crippen molar-refractivity contribution in [3.63, 3.8) is 0 Å². The van der Waals surface area contributed by atoms with Crippen LogP contribution in [-0.4, -0.2) is 30.0 Å². The van der Waals surface area contributed by atoms with Crippen molar-refractivity contribution in [3.8, 4) is 0 Å². The smallest absolute Gasteiger partial charge is 0.0653 e. The molecule has 1 aliphatic rings. The van der Waals surface area contributed by atoms with Crippen LogP contribution in [0.4, 0.5) is 0 Å². The van der Waals surface area contributed by atoms with Gasteiger partial charge in [-0.1, -0.05) is 6.92 Å². The maximum atomic E-state index is 9.27. The van der Waals surface area contributed by atoms with Gasteiger partial charge in [-0.05, 0) is 20.3 Å². The third kappa shape index (κ3) is 1.49. The molecule has 3 nitrogen and oxygen atoms in total. The third-order valence-corrected chi connectivity index (χ3v) is 3.13. The number of rotatable bonds is 1. The summed E-state index contributed by atoms with van der Waals surface area (Å²) in [5.74, 6) is 0. The van der Waals surface area contributed by atoms with Crippen LogP contribution in [0.5, 0.6) is 0 Å². The molecule has 72 valence electrons. The number of hydrogen-bond donors (Lipinski definition) is 2. The molecule has 0 radical (unpaired) electrons. The fourth-order valence-corrected chi connectivity index (χ4v) is 1.66. The Morgan fingerprint density at radius 2 is 2.17 bits per heavy atom. The number of aliphatic hydroxyl groups excluding tert-OH is 1. The highest BCUT2D eigenvalue weighted by Gasteiger charge is 2.45. The summed E-state index contributed by atoms with van der Waals surface area (Å²) in [6.07, 6.45) is 1.04. The van der Waals surface area contributed by atoms with Gasteiger partial charge in [-0.25, -0.2) is 0 Å². The molecule has 0 aromatic heterocycles. The third-order valence-electron chi connectivity index (χ3n) is 3.13. The maximum Gasteiger partial charge on any atom is 0.0653 e. The molecule has 0 spiro atoms. The van der Waals surface area contributed by atoms with Gasteiger partial charge >= 0.3 is 0 Å². The predicted molar refractivity (Wildman–Crippen MR) is 47.8 cm³/mol. The molecule has 1 fully saturated rings. The second-order valence-corrected chi connectivity index (χ2v) is 4.46. The second-order valence-electron chi connectivity index (χ2n) is 4.46. The van der Waals surface area contributed by atoms with Gasteiger partial charge in [-0.3, -0.25) is 0 Å². The first-order valence-electron chi connectivity index (χ1n) is 4.43. The normalized spacial score (nSPS) is 49.2. The summed E-state index contributed by atoms with van der Waals surface area (Å²) in [6, 6.07) is 0. The quantitative estimate of drug-likeness (QED) is 0.607. The van der Waals surface area contributed by atoms with Crippen LogP contribution in [0.25, 0.3) is 0 Å². The molecule has 0 amide bonds. The lowest BCUT2D eigenvalue weighted by Crippen LogP contribution is -2.61. The lowest BCUT2D eigenvalue weighted by molar-refractivity contribution is -0.104. The minimum Gasteiger partial charge on any atom is -0.396 e. The van der Waals surface area contributed by atoms with Crippen molar-refractivity contribution in [2.45, 2.75) is 38.8 Å². The van der Waals surface area contributed by atoms with E-state index in [0.29, 0.717) is 6.61 Å².